The van der Waals surface area contributed by atoms with Crippen molar-refractivity contribution in [3.05, 3.63) is 59.1 Å². The van der Waals surface area contributed by atoms with Gasteiger partial charge in [0.25, 0.3) is 0 Å². The maximum absolute atomic E-state index is 12.0. The van der Waals surface area contributed by atoms with Crippen LogP contribution in [0.1, 0.15) is 19.4 Å². The van der Waals surface area contributed by atoms with Crippen LogP contribution in [0.2, 0.25) is 5.02 Å². The molecule has 2 aromatic rings. The number of rotatable bonds is 9. The Morgan fingerprint density at radius 3 is 2.48 bits per heavy atom. The fraction of sp³-hybridized carbons (Fsp3) is 0.273. The zero-order valence-electron chi connectivity index (χ0n) is 16.7. The number of carbonyl (C=O) groups is 2. The molecule has 0 heterocycles. The Hall–Kier alpha value is -2.99. The Labute approximate surface area is 175 Å². The first-order valence-electron chi connectivity index (χ1n) is 9.19. The molecule has 0 saturated heterocycles. The van der Waals surface area contributed by atoms with Crippen LogP contribution < -0.4 is 20.1 Å². The van der Waals surface area contributed by atoms with Gasteiger partial charge in [-0.05, 0) is 54.0 Å². The van der Waals surface area contributed by atoms with Crippen LogP contribution in [0.4, 0.5) is 5.69 Å². The molecule has 0 bridgehead atoms. The summed E-state index contributed by atoms with van der Waals surface area (Å²) in [7, 11) is 1.57. The van der Waals surface area contributed by atoms with Gasteiger partial charge in [-0.15, -0.1) is 0 Å². The molecule has 0 aliphatic heterocycles. The van der Waals surface area contributed by atoms with E-state index < -0.39 is 0 Å². The normalized spacial score (nSPS) is 10.8. The summed E-state index contributed by atoms with van der Waals surface area (Å²) in [5, 5.41) is 5.79. The summed E-state index contributed by atoms with van der Waals surface area (Å²) in [4.78, 5) is 23.9. The second kappa shape index (κ2) is 11.1. The monoisotopic (exact) mass is 416 g/mol. The highest BCUT2D eigenvalue weighted by Gasteiger charge is 2.07. The van der Waals surface area contributed by atoms with Crippen molar-refractivity contribution < 1.29 is 19.1 Å². The third kappa shape index (κ3) is 7.87. The molecule has 0 atom stereocenters. The van der Waals surface area contributed by atoms with Crippen LogP contribution in [0.25, 0.3) is 6.08 Å². The maximum Gasteiger partial charge on any atom is 0.244 e. The van der Waals surface area contributed by atoms with E-state index >= 15 is 0 Å². The van der Waals surface area contributed by atoms with Gasteiger partial charge in [-0.1, -0.05) is 31.5 Å². The molecule has 2 amide bonds. The minimum atomic E-state index is -0.379. The molecule has 6 nitrogen and oxygen atoms in total. The zero-order chi connectivity index (χ0) is 21.2. The van der Waals surface area contributed by atoms with Crippen molar-refractivity contribution in [2.24, 2.45) is 5.92 Å². The lowest BCUT2D eigenvalue weighted by Crippen LogP contribution is -2.31. The number of halogens is 1. The van der Waals surface area contributed by atoms with Crippen LogP contribution in [-0.2, 0) is 9.59 Å². The first-order chi connectivity index (χ1) is 13.9. The number of anilines is 1. The first kappa shape index (κ1) is 22.3. The number of carbonyl (C=O) groups excluding carboxylic acids is 2. The molecule has 7 heteroatoms. The molecule has 0 spiro atoms. The minimum Gasteiger partial charge on any atom is -0.493 e. The van der Waals surface area contributed by atoms with Crippen LogP contribution in [0.3, 0.4) is 0 Å². The Morgan fingerprint density at radius 2 is 1.83 bits per heavy atom. The van der Waals surface area contributed by atoms with E-state index in [1.165, 1.54) is 6.08 Å². The smallest absolute Gasteiger partial charge is 0.244 e. The summed E-state index contributed by atoms with van der Waals surface area (Å²) < 4.78 is 11.1. The van der Waals surface area contributed by atoms with Crippen LogP contribution in [-0.4, -0.2) is 32.1 Å². The molecule has 29 heavy (non-hydrogen) atoms. The van der Waals surface area contributed by atoms with Gasteiger partial charge in [0, 0.05) is 16.8 Å². The van der Waals surface area contributed by atoms with Crippen LogP contribution in [0, 0.1) is 5.92 Å². The average Bonchev–Trinajstić information content (AvgIpc) is 2.71. The van der Waals surface area contributed by atoms with E-state index in [4.69, 9.17) is 21.1 Å². The Balaban J connectivity index is 1.86. The van der Waals surface area contributed by atoms with Gasteiger partial charge in [-0.25, -0.2) is 0 Å². The topological polar surface area (TPSA) is 76.7 Å². The molecule has 0 fully saturated rings. The molecular formula is C22H25ClN2O4. The maximum atomic E-state index is 12.0. The van der Waals surface area contributed by atoms with Gasteiger partial charge in [-0.3, -0.25) is 9.59 Å². The quantitative estimate of drug-likeness (QED) is 0.602. The Kier molecular flexibility index (Phi) is 8.55. The van der Waals surface area contributed by atoms with Crippen molar-refractivity contribution in [2.45, 2.75) is 13.8 Å². The zero-order valence-corrected chi connectivity index (χ0v) is 17.5. The predicted octanol–water partition coefficient (Wildman–Crippen LogP) is 4.15. The predicted molar refractivity (Wildman–Crippen MR) is 115 cm³/mol. The average molecular weight is 417 g/mol. The first-order valence-corrected chi connectivity index (χ1v) is 9.57. The summed E-state index contributed by atoms with van der Waals surface area (Å²) in [6.07, 6.45) is 3.00. The van der Waals surface area contributed by atoms with Crippen molar-refractivity contribution in [3.8, 4) is 11.5 Å². The highest BCUT2D eigenvalue weighted by Crippen LogP contribution is 2.29. The third-order valence-corrected chi connectivity index (χ3v) is 3.99. The fourth-order valence-corrected chi connectivity index (χ4v) is 2.43. The Morgan fingerprint density at radius 1 is 1.10 bits per heavy atom. The van der Waals surface area contributed by atoms with Crippen molar-refractivity contribution in [2.75, 3.05) is 25.6 Å². The van der Waals surface area contributed by atoms with E-state index in [9.17, 15) is 9.59 Å². The van der Waals surface area contributed by atoms with Gasteiger partial charge in [0.05, 0.1) is 20.3 Å². The lowest BCUT2D eigenvalue weighted by atomic mass is 10.2. The van der Waals surface area contributed by atoms with Crippen LogP contribution in [0.5, 0.6) is 11.5 Å². The molecule has 154 valence electrons. The number of nitrogens with one attached hydrogen (secondary N) is 2. The van der Waals surface area contributed by atoms with Gasteiger partial charge < -0.3 is 20.1 Å². The molecule has 2 aromatic carbocycles. The molecule has 0 aliphatic rings. The van der Waals surface area contributed by atoms with Crippen molar-refractivity contribution in [1.29, 1.82) is 0 Å². The summed E-state index contributed by atoms with van der Waals surface area (Å²) in [6.45, 7) is 4.58. The Bertz CT molecular complexity index is 864. The highest BCUT2D eigenvalue weighted by atomic mass is 35.5. The number of ether oxygens (including phenoxy) is 2. The van der Waals surface area contributed by atoms with Crippen LogP contribution >= 0.6 is 11.6 Å². The van der Waals surface area contributed by atoms with Crippen molar-refractivity contribution >= 4 is 35.2 Å². The fourth-order valence-electron chi connectivity index (χ4n) is 2.30. The lowest BCUT2D eigenvalue weighted by molar-refractivity contribution is -0.121. The minimum absolute atomic E-state index is 0.142. The van der Waals surface area contributed by atoms with E-state index in [0.29, 0.717) is 34.7 Å². The van der Waals surface area contributed by atoms with Gasteiger partial charge in [0.1, 0.15) is 0 Å². The number of benzene rings is 2. The molecule has 0 aliphatic carbocycles. The summed E-state index contributed by atoms with van der Waals surface area (Å²) >= 11 is 5.80. The van der Waals surface area contributed by atoms with E-state index in [1.807, 2.05) is 6.07 Å². The number of methoxy groups -OCH3 is 1. The van der Waals surface area contributed by atoms with Crippen molar-refractivity contribution in [1.82, 2.24) is 5.32 Å². The van der Waals surface area contributed by atoms with E-state index in [2.05, 4.69) is 24.5 Å². The summed E-state index contributed by atoms with van der Waals surface area (Å²) in [5.74, 6) is 0.940. The standard InChI is InChI=1S/C22H25ClN2O4/c1-15(2)14-29-19-10-4-16(12-20(19)28-3)5-11-21(26)24-13-22(27)25-18-8-6-17(23)7-9-18/h4-12,15H,13-14H2,1-3H3,(H,24,26)(H,25,27)/b11-5+. The molecule has 0 aromatic heterocycles. The second-order valence-corrected chi connectivity index (χ2v) is 7.16. The van der Waals surface area contributed by atoms with Crippen LogP contribution in [0.15, 0.2) is 48.5 Å². The van der Waals surface area contributed by atoms with Gasteiger partial charge in [0.15, 0.2) is 11.5 Å². The number of amides is 2. The van der Waals surface area contributed by atoms with E-state index in [-0.39, 0.29) is 18.4 Å². The molecular weight excluding hydrogens is 392 g/mol. The van der Waals surface area contributed by atoms with E-state index in [0.717, 1.165) is 5.56 Å². The number of hydrogen-bond donors (Lipinski definition) is 2. The summed E-state index contributed by atoms with van der Waals surface area (Å²) in [6, 6.07) is 12.1. The lowest BCUT2D eigenvalue weighted by Gasteiger charge is -2.12. The molecule has 0 unspecified atom stereocenters. The highest BCUT2D eigenvalue weighted by molar-refractivity contribution is 6.30. The van der Waals surface area contributed by atoms with Gasteiger partial charge in [0.2, 0.25) is 11.8 Å². The SMILES string of the molecule is COc1cc(/C=C/C(=O)NCC(=O)Nc2ccc(Cl)cc2)ccc1OCC(C)C. The number of hydrogen-bond acceptors (Lipinski definition) is 4. The largest absolute Gasteiger partial charge is 0.493 e. The molecule has 2 rings (SSSR count). The third-order valence-electron chi connectivity index (χ3n) is 3.74. The molecule has 0 radical (unpaired) electrons. The van der Waals surface area contributed by atoms with Crippen molar-refractivity contribution in [3.63, 3.8) is 0 Å². The summed E-state index contributed by atoms with van der Waals surface area (Å²) in [5.41, 5.74) is 1.38. The van der Waals surface area contributed by atoms with E-state index in [1.54, 1.807) is 49.6 Å². The molecule has 0 saturated carbocycles. The second-order valence-electron chi connectivity index (χ2n) is 6.72. The van der Waals surface area contributed by atoms with Gasteiger partial charge in [-0.2, -0.15) is 0 Å². The molecule has 2 N–H and O–H groups in total. The van der Waals surface area contributed by atoms with Gasteiger partial charge >= 0.3 is 0 Å².